The third-order valence-corrected chi connectivity index (χ3v) is 8.63. The molecule has 1 aliphatic heterocycles. The van der Waals surface area contributed by atoms with Crippen LogP contribution in [0.3, 0.4) is 0 Å². The number of benzene rings is 4. The summed E-state index contributed by atoms with van der Waals surface area (Å²) < 4.78 is 0. The number of carboxylic acid groups (broad SMARTS) is 1. The number of hydrogen-bond acceptors (Lipinski definition) is 9. The first-order chi connectivity index (χ1) is 25.8. The van der Waals surface area contributed by atoms with Gasteiger partial charge in [0.1, 0.15) is 5.69 Å². The molecule has 0 saturated heterocycles. The normalized spacial score (nSPS) is 13.9. The molecule has 0 fully saturated rings. The van der Waals surface area contributed by atoms with E-state index in [1.807, 2.05) is 84.9 Å². The number of aromatic nitrogens is 3. The molecule has 0 saturated carbocycles. The van der Waals surface area contributed by atoms with Crippen molar-refractivity contribution in [3.8, 4) is 11.3 Å². The zero-order chi connectivity index (χ0) is 37.0. The molecule has 0 spiro atoms. The number of nitro benzene ring substituents is 2. The summed E-state index contributed by atoms with van der Waals surface area (Å²) in [7, 11) is 0. The summed E-state index contributed by atoms with van der Waals surface area (Å²) in [6, 6.07) is 46.7. The van der Waals surface area contributed by atoms with Crippen molar-refractivity contribution < 1.29 is 39.9 Å². The van der Waals surface area contributed by atoms with Crippen LogP contribution >= 0.6 is 0 Å². The number of anilines is 3. The molecular formula is C41H26IrN6O6-2. The van der Waals surface area contributed by atoms with E-state index in [0.29, 0.717) is 45.3 Å². The molecule has 1 atom stereocenters. The fourth-order valence-corrected chi connectivity index (χ4v) is 6.39. The van der Waals surface area contributed by atoms with Gasteiger partial charge in [-0.1, -0.05) is 54.2 Å². The molecule has 4 heterocycles. The van der Waals surface area contributed by atoms with Gasteiger partial charge in [-0.05, 0) is 59.8 Å². The van der Waals surface area contributed by atoms with Crippen molar-refractivity contribution in [2.24, 2.45) is 0 Å². The van der Waals surface area contributed by atoms with Gasteiger partial charge in [0.15, 0.2) is 5.69 Å². The van der Waals surface area contributed by atoms with Crippen LogP contribution in [0.15, 0.2) is 152 Å². The summed E-state index contributed by atoms with van der Waals surface area (Å²) in [6.45, 7) is 0. The first-order valence-corrected chi connectivity index (χ1v) is 16.1. The largest absolute Gasteiger partial charge is 0.477 e. The maximum atomic E-state index is 12.1. The molecule has 0 bridgehead atoms. The van der Waals surface area contributed by atoms with Gasteiger partial charge in [-0.2, -0.15) is 6.07 Å². The quantitative estimate of drug-likeness (QED) is 0.0932. The Bertz CT molecular complexity index is 2390. The van der Waals surface area contributed by atoms with E-state index in [1.54, 1.807) is 35.4 Å². The first-order valence-electron chi connectivity index (χ1n) is 16.1. The molecule has 267 valence electrons. The third kappa shape index (κ3) is 6.84. The fourth-order valence-electron chi connectivity index (χ4n) is 6.39. The van der Waals surface area contributed by atoms with Crippen LogP contribution in [0.5, 0.6) is 0 Å². The second-order valence-electron chi connectivity index (χ2n) is 11.7. The molecule has 8 rings (SSSR count). The van der Waals surface area contributed by atoms with Gasteiger partial charge < -0.3 is 10.0 Å². The summed E-state index contributed by atoms with van der Waals surface area (Å²) in [5, 5.41) is 32.5. The number of fused-ring (bicyclic) bond motifs is 2. The molecule has 13 heteroatoms. The minimum Gasteiger partial charge on any atom is -0.477 e. The molecule has 1 aliphatic rings. The van der Waals surface area contributed by atoms with Crippen LogP contribution in [0.4, 0.5) is 28.4 Å². The maximum Gasteiger partial charge on any atom is 0.354 e. The number of rotatable bonds is 7. The minimum atomic E-state index is -1.26. The van der Waals surface area contributed by atoms with Crippen LogP contribution in [0.1, 0.15) is 33.0 Å². The Labute approximate surface area is 322 Å². The third-order valence-electron chi connectivity index (χ3n) is 8.63. The van der Waals surface area contributed by atoms with E-state index < -0.39 is 21.2 Å². The van der Waals surface area contributed by atoms with Crippen molar-refractivity contribution in [2.75, 3.05) is 4.90 Å². The van der Waals surface area contributed by atoms with Crippen LogP contribution in [0.25, 0.3) is 11.3 Å². The van der Waals surface area contributed by atoms with E-state index in [4.69, 9.17) is 15.1 Å². The number of para-hydroxylation sites is 1. The monoisotopic (exact) mass is 891 g/mol. The van der Waals surface area contributed by atoms with Crippen molar-refractivity contribution >= 4 is 34.4 Å². The van der Waals surface area contributed by atoms with Crippen molar-refractivity contribution in [2.45, 2.75) is 5.41 Å². The molecule has 3 aromatic heterocycles. The summed E-state index contributed by atoms with van der Waals surface area (Å²) in [5.74, 6) is -0.990. The van der Waals surface area contributed by atoms with Crippen LogP contribution in [0.2, 0.25) is 0 Å². The van der Waals surface area contributed by atoms with Gasteiger partial charge in [-0.3, -0.25) is 30.2 Å². The van der Waals surface area contributed by atoms with E-state index in [2.05, 4.69) is 17.1 Å². The Morgan fingerprint density at radius 2 is 1.39 bits per heavy atom. The summed E-state index contributed by atoms with van der Waals surface area (Å²) >= 11 is 0. The van der Waals surface area contributed by atoms with Crippen LogP contribution in [-0.2, 0) is 25.5 Å². The molecule has 4 aromatic carbocycles. The zero-order valence-corrected chi connectivity index (χ0v) is 30.3. The van der Waals surface area contributed by atoms with Crippen LogP contribution < -0.4 is 4.90 Å². The number of nitro groups is 2. The number of nitrogens with zero attached hydrogens (tertiary/aromatic N) is 6. The fraction of sp³-hybridized carbons (Fsp3) is 0.0244. The number of aromatic carboxylic acids is 1. The summed E-state index contributed by atoms with van der Waals surface area (Å²) in [4.78, 5) is 48.7. The molecule has 1 radical (unpaired) electrons. The van der Waals surface area contributed by atoms with Crippen LogP contribution in [0, 0.1) is 32.4 Å². The molecule has 54 heavy (non-hydrogen) atoms. The van der Waals surface area contributed by atoms with E-state index in [1.165, 1.54) is 36.5 Å². The number of hydrogen-bond donors (Lipinski definition) is 1. The average molecular weight is 891 g/mol. The Kier molecular flexibility index (Phi) is 10.7. The van der Waals surface area contributed by atoms with Crippen molar-refractivity contribution in [1.29, 1.82) is 0 Å². The van der Waals surface area contributed by atoms with Gasteiger partial charge in [0, 0.05) is 66.6 Å². The summed E-state index contributed by atoms with van der Waals surface area (Å²) in [6.07, 6.45) is 3.12. The van der Waals surface area contributed by atoms with Gasteiger partial charge in [-0.25, -0.2) is 9.78 Å². The van der Waals surface area contributed by atoms with Crippen LogP contribution in [-0.4, -0.2) is 35.9 Å². The number of carbonyl (C=O) groups is 1. The predicted octanol–water partition coefficient (Wildman–Crippen LogP) is 8.50. The van der Waals surface area contributed by atoms with E-state index in [-0.39, 0.29) is 37.2 Å². The van der Waals surface area contributed by atoms with Gasteiger partial charge >= 0.3 is 5.97 Å². The van der Waals surface area contributed by atoms with E-state index in [9.17, 15) is 25.0 Å². The van der Waals surface area contributed by atoms with Crippen molar-refractivity contribution in [3.05, 3.63) is 212 Å². The van der Waals surface area contributed by atoms with Crippen molar-refractivity contribution in [3.63, 3.8) is 0 Å². The van der Waals surface area contributed by atoms with Gasteiger partial charge in [-0.15, -0.1) is 47.5 Å². The minimum absolute atomic E-state index is 0. The smallest absolute Gasteiger partial charge is 0.354 e. The predicted molar refractivity (Wildman–Crippen MR) is 196 cm³/mol. The second kappa shape index (κ2) is 15.7. The Morgan fingerprint density at radius 1 is 0.704 bits per heavy atom. The number of pyridine rings is 3. The second-order valence-corrected chi connectivity index (χ2v) is 11.7. The van der Waals surface area contributed by atoms with Gasteiger partial charge in [0.25, 0.3) is 5.69 Å². The SMILES string of the molecule is O=C(O)c1ccccn1.O=[N+]([O-])c1c[c-]c2c(c1)N(c1ccccc1)c1cc([N+](=O)[O-])ccc1[C@]2(c1ccccn1)c1cccc(-c2[c-]cccc2)n1.[Ir]. The van der Waals surface area contributed by atoms with E-state index >= 15 is 0 Å². The zero-order valence-electron chi connectivity index (χ0n) is 27.9. The molecule has 1 N–H and O–H groups in total. The Balaban J connectivity index is 0.000000438. The molecule has 0 unspecified atom stereocenters. The molecule has 0 aliphatic carbocycles. The van der Waals surface area contributed by atoms with Gasteiger partial charge in [0.05, 0.1) is 16.0 Å². The maximum absolute atomic E-state index is 12.1. The molecule has 7 aromatic rings. The molecule has 0 amide bonds. The standard InChI is InChI=1S/C35H21N5O4.C6H5NO2.Ir/c41-39(42)26-17-19-28-31(22-26)38(25-12-5-2-6-13-25)32-23-27(40(43)44)18-20-29(32)35(28,33-15-7-8-21-36-33)34-16-9-14-30(37-34)24-10-3-1-4-11-24;8-6(9)5-3-1-2-4-7-5;/h1-10,12-19,21-23H;1-4H,(H,8,9);/q-2;;/t35-;;/m0../s1. The topological polar surface area (TPSA) is 165 Å². The molecular weight excluding hydrogens is 865 g/mol. The summed E-state index contributed by atoms with van der Waals surface area (Å²) in [5.41, 5.74) is 3.91. The average Bonchev–Trinajstić information content (AvgIpc) is 3.21. The number of non-ortho nitro benzene ring substituents is 2. The van der Waals surface area contributed by atoms with Crippen molar-refractivity contribution in [1.82, 2.24) is 15.0 Å². The van der Waals surface area contributed by atoms with Gasteiger partial charge in [0.2, 0.25) is 0 Å². The first kappa shape index (κ1) is 36.8. The van der Waals surface area contributed by atoms with E-state index in [0.717, 1.165) is 5.56 Å². The molecule has 12 nitrogen and oxygen atoms in total. The Morgan fingerprint density at radius 3 is 2.02 bits per heavy atom. The Hall–Kier alpha value is -6.95. The number of carboxylic acids is 1.